The monoisotopic (exact) mass is 487 g/mol. The van der Waals surface area contributed by atoms with Crippen LogP contribution in [0.15, 0.2) is 22.8 Å². The van der Waals surface area contributed by atoms with Crippen molar-refractivity contribution in [2.75, 3.05) is 44.8 Å². The highest BCUT2D eigenvalue weighted by molar-refractivity contribution is 6.33. The van der Waals surface area contributed by atoms with Crippen LogP contribution in [0.5, 0.6) is 0 Å². The highest BCUT2D eigenvalue weighted by atomic mass is 35.5. The van der Waals surface area contributed by atoms with E-state index in [-0.39, 0.29) is 35.2 Å². The van der Waals surface area contributed by atoms with Gasteiger partial charge in [-0.25, -0.2) is 4.98 Å². The largest absolute Gasteiger partial charge is 0.474 e. The number of hydrogen-bond donors (Lipinski definition) is 2. The second-order valence-electron chi connectivity index (χ2n) is 7.58. The summed E-state index contributed by atoms with van der Waals surface area (Å²) in [6.45, 7) is 5.56. The fourth-order valence-electron chi connectivity index (χ4n) is 3.64. The van der Waals surface area contributed by atoms with Crippen molar-refractivity contribution >= 4 is 34.7 Å². The highest BCUT2D eigenvalue weighted by Gasteiger charge is 2.35. The molecule has 13 heteroatoms. The Balaban J connectivity index is 1.47. The average molecular weight is 488 g/mol. The van der Waals surface area contributed by atoms with Crippen LogP contribution in [0.1, 0.15) is 26.2 Å². The molecule has 0 amide bonds. The van der Waals surface area contributed by atoms with Crippen LogP contribution in [0, 0.1) is 10.1 Å². The van der Waals surface area contributed by atoms with Gasteiger partial charge in [0.15, 0.2) is 0 Å². The van der Waals surface area contributed by atoms with Crippen LogP contribution in [0.3, 0.4) is 0 Å². The molecule has 2 heterocycles. The van der Waals surface area contributed by atoms with E-state index in [1.165, 1.54) is 6.20 Å². The van der Waals surface area contributed by atoms with E-state index < -0.39 is 4.92 Å². The molecule has 3 N–H and O–H groups in total. The second kappa shape index (κ2) is 11.6. The van der Waals surface area contributed by atoms with E-state index in [0.717, 1.165) is 39.1 Å². The summed E-state index contributed by atoms with van der Waals surface area (Å²) < 4.78 is 10.8. The van der Waals surface area contributed by atoms with Gasteiger partial charge in [-0.3, -0.25) is 20.0 Å². The van der Waals surface area contributed by atoms with Crippen LogP contribution in [0.2, 0.25) is 10.3 Å². The SMILES string of the molecule is CC(=NC1CC(N2CCOCC2)C1)C(=C(N)OCCCNc1nc(Cl)ncc1Cl)[N+](=O)[O-]. The molecule has 3 rings (SSSR count). The fraction of sp³-hybridized carbons (Fsp3) is 0.632. The Hall–Kier alpha value is -2.21. The fourth-order valence-corrected chi connectivity index (χ4v) is 3.93. The molecule has 1 aromatic rings. The zero-order valence-corrected chi connectivity index (χ0v) is 19.3. The Morgan fingerprint density at radius 1 is 1.44 bits per heavy atom. The molecule has 1 aromatic heterocycles. The minimum absolute atomic E-state index is 0.0548. The summed E-state index contributed by atoms with van der Waals surface area (Å²) in [6.07, 6.45) is 3.66. The standard InChI is InChI=1S/C19H27Cl2N7O4/c1-12(25-13-9-14(10-13)27-4-7-31-8-5-27)16(28(29)30)17(22)32-6-2-3-23-18-15(20)11-24-19(21)26-18/h11,13-14H,2-10,22H2,1H3,(H,23,24,26). The number of morpholine rings is 1. The van der Waals surface area contributed by atoms with Crippen molar-refractivity contribution in [2.45, 2.75) is 38.3 Å². The molecule has 2 fully saturated rings. The highest BCUT2D eigenvalue weighted by Crippen LogP contribution is 2.29. The lowest BCUT2D eigenvalue weighted by Gasteiger charge is -2.43. The van der Waals surface area contributed by atoms with Crippen molar-refractivity contribution in [2.24, 2.45) is 10.7 Å². The van der Waals surface area contributed by atoms with Crippen molar-refractivity contribution in [1.29, 1.82) is 0 Å². The summed E-state index contributed by atoms with van der Waals surface area (Å²) in [5.74, 6) is 0.156. The Kier molecular flexibility index (Phi) is 8.85. The minimum atomic E-state index is -0.548. The molecule has 1 saturated carbocycles. The van der Waals surface area contributed by atoms with E-state index in [9.17, 15) is 10.1 Å². The van der Waals surface area contributed by atoms with Gasteiger partial charge < -0.3 is 20.5 Å². The Morgan fingerprint density at radius 3 is 2.84 bits per heavy atom. The zero-order chi connectivity index (χ0) is 23.1. The smallest absolute Gasteiger partial charge is 0.348 e. The number of anilines is 1. The normalized spacial score (nSPS) is 22.7. The third kappa shape index (κ3) is 6.64. The molecule has 0 spiro atoms. The van der Waals surface area contributed by atoms with Gasteiger partial charge in [0, 0.05) is 25.7 Å². The number of ether oxygens (including phenoxy) is 2. The van der Waals surface area contributed by atoms with E-state index in [1.54, 1.807) is 6.92 Å². The van der Waals surface area contributed by atoms with E-state index in [2.05, 4.69) is 25.2 Å². The van der Waals surface area contributed by atoms with E-state index in [1.807, 2.05) is 0 Å². The number of nitro groups is 1. The number of halogens is 2. The Labute approximate surface area is 196 Å². The van der Waals surface area contributed by atoms with Crippen LogP contribution < -0.4 is 11.1 Å². The summed E-state index contributed by atoms with van der Waals surface area (Å²) in [4.78, 5) is 25.7. The lowest BCUT2D eigenvalue weighted by atomic mass is 9.85. The van der Waals surface area contributed by atoms with Crippen molar-refractivity contribution in [3.63, 3.8) is 0 Å². The second-order valence-corrected chi connectivity index (χ2v) is 8.32. The summed E-state index contributed by atoms with van der Waals surface area (Å²) in [5.41, 5.74) is 5.85. The maximum atomic E-state index is 11.6. The van der Waals surface area contributed by atoms with Gasteiger partial charge in [-0.15, -0.1) is 0 Å². The van der Waals surface area contributed by atoms with Crippen molar-refractivity contribution in [1.82, 2.24) is 14.9 Å². The van der Waals surface area contributed by atoms with Gasteiger partial charge in [0.25, 0.3) is 5.88 Å². The predicted molar refractivity (Wildman–Crippen MR) is 122 cm³/mol. The molecule has 1 saturated heterocycles. The van der Waals surface area contributed by atoms with Gasteiger partial charge in [-0.05, 0) is 37.8 Å². The van der Waals surface area contributed by atoms with E-state index in [4.69, 9.17) is 38.4 Å². The van der Waals surface area contributed by atoms with Crippen LogP contribution in [-0.2, 0) is 9.47 Å². The number of hydrogen-bond acceptors (Lipinski definition) is 10. The summed E-state index contributed by atoms with van der Waals surface area (Å²) in [7, 11) is 0. The molecular formula is C19H27Cl2N7O4. The molecule has 0 radical (unpaired) electrons. The number of aliphatic imine (C=N–C) groups is 1. The molecule has 1 aliphatic carbocycles. The number of rotatable bonds is 10. The first-order valence-corrected chi connectivity index (χ1v) is 11.2. The lowest BCUT2D eigenvalue weighted by molar-refractivity contribution is -0.418. The van der Waals surface area contributed by atoms with E-state index >= 15 is 0 Å². The molecular weight excluding hydrogens is 461 g/mol. The van der Waals surface area contributed by atoms with Gasteiger partial charge in [0.1, 0.15) is 16.6 Å². The van der Waals surface area contributed by atoms with Gasteiger partial charge in [-0.2, -0.15) is 4.98 Å². The first kappa shape index (κ1) is 24.4. The lowest BCUT2D eigenvalue weighted by Crippen LogP contribution is -2.51. The quantitative estimate of drug-likeness (QED) is 0.127. The first-order chi connectivity index (χ1) is 15.3. The maximum Gasteiger partial charge on any atom is 0.348 e. The van der Waals surface area contributed by atoms with Gasteiger partial charge >= 0.3 is 5.70 Å². The van der Waals surface area contributed by atoms with Crippen molar-refractivity contribution < 1.29 is 14.4 Å². The van der Waals surface area contributed by atoms with Gasteiger partial charge in [-0.1, -0.05) is 11.6 Å². The third-order valence-corrected chi connectivity index (χ3v) is 5.83. The number of allylic oxidation sites excluding steroid dienone is 1. The number of nitrogens with one attached hydrogen (secondary N) is 1. The Morgan fingerprint density at radius 2 is 2.16 bits per heavy atom. The minimum Gasteiger partial charge on any atom is -0.474 e. The van der Waals surface area contributed by atoms with Crippen LogP contribution in [0.4, 0.5) is 5.82 Å². The summed E-state index contributed by atoms with van der Waals surface area (Å²) >= 11 is 11.7. The van der Waals surface area contributed by atoms with Gasteiger partial charge in [0.05, 0.1) is 37.0 Å². The number of aromatic nitrogens is 2. The zero-order valence-electron chi connectivity index (χ0n) is 17.8. The summed E-state index contributed by atoms with van der Waals surface area (Å²) in [6, 6.07) is 0.516. The molecule has 0 aromatic carbocycles. The molecule has 176 valence electrons. The number of nitrogens with zero attached hydrogens (tertiary/aromatic N) is 5. The van der Waals surface area contributed by atoms with Crippen molar-refractivity contribution in [3.05, 3.63) is 38.2 Å². The van der Waals surface area contributed by atoms with E-state index in [0.29, 0.717) is 29.8 Å². The topological polar surface area (TPSA) is 141 Å². The molecule has 1 aliphatic heterocycles. The molecule has 0 atom stereocenters. The average Bonchev–Trinajstić information content (AvgIpc) is 2.73. The summed E-state index contributed by atoms with van der Waals surface area (Å²) in [5, 5.41) is 15.0. The van der Waals surface area contributed by atoms with Crippen molar-refractivity contribution in [3.8, 4) is 0 Å². The molecule has 32 heavy (non-hydrogen) atoms. The van der Waals surface area contributed by atoms with Crippen LogP contribution in [-0.4, -0.2) is 77.0 Å². The molecule has 0 unspecified atom stereocenters. The number of nitrogens with two attached hydrogens (primary N) is 1. The van der Waals surface area contributed by atoms with Crippen LogP contribution >= 0.6 is 23.2 Å². The predicted octanol–water partition coefficient (Wildman–Crippen LogP) is 2.33. The maximum absolute atomic E-state index is 11.6. The molecule has 11 nitrogen and oxygen atoms in total. The molecule has 0 bridgehead atoms. The first-order valence-electron chi connectivity index (χ1n) is 10.4. The van der Waals surface area contributed by atoms with Crippen LogP contribution in [0.25, 0.3) is 0 Å². The molecule has 2 aliphatic rings. The Bertz CT molecular complexity index is 871. The third-order valence-electron chi connectivity index (χ3n) is 5.37. The van der Waals surface area contributed by atoms with Gasteiger partial charge in [0.2, 0.25) is 5.28 Å².